The predicted octanol–water partition coefficient (Wildman–Crippen LogP) is 3.30. The van der Waals surface area contributed by atoms with Gasteiger partial charge in [0.15, 0.2) is 6.29 Å². The van der Waals surface area contributed by atoms with Crippen LogP contribution >= 0.6 is 0 Å². The van der Waals surface area contributed by atoms with E-state index in [4.69, 9.17) is 9.47 Å². The summed E-state index contributed by atoms with van der Waals surface area (Å²) in [6.07, 6.45) is 5.94. The largest absolute Gasteiger partial charge is 0.436 e. The number of benzene rings is 1. The summed E-state index contributed by atoms with van der Waals surface area (Å²) in [4.78, 5) is 12.1. The van der Waals surface area contributed by atoms with E-state index in [2.05, 4.69) is 12.2 Å². The quantitative estimate of drug-likeness (QED) is 0.468. The van der Waals surface area contributed by atoms with Crippen LogP contribution < -0.4 is 0 Å². The van der Waals surface area contributed by atoms with Crippen LogP contribution in [0.1, 0.15) is 25.3 Å². The molecule has 1 saturated carbocycles. The van der Waals surface area contributed by atoms with E-state index < -0.39 is 6.29 Å². The number of carbonyl (C=O) groups is 1. The number of allylic oxidation sites excluding steroid dienone is 2. The lowest BCUT2D eigenvalue weighted by Gasteiger charge is -2.20. The van der Waals surface area contributed by atoms with Crippen molar-refractivity contribution in [2.24, 2.45) is 17.8 Å². The van der Waals surface area contributed by atoms with Crippen LogP contribution in [0.4, 0.5) is 0 Å². The fraction of sp³-hybridized carbons (Fsp3) is 0.471. The maximum atomic E-state index is 12.1. The van der Waals surface area contributed by atoms with E-state index in [1.807, 2.05) is 30.3 Å². The number of hydrogen-bond acceptors (Lipinski definition) is 3. The summed E-state index contributed by atoms with van der Waals surface area (Å²) in [5.41, 5.74) is 1.08. The van der Waals surface area contributed by atoms with Gasteiger partial charge in [-0.05, 0) is 37.2 Å². The van der Waals surface area contributed by atoms with Crippen molar-refractivity contribution >= 4 is 5.97 Å². The molecule has 0 aromatic heterocycles. The Balaban J connectivity index is 1.46. The van der Waals surface area contributed by atoms with E-state index >= 15 is 0 Å². The third kappa shape index (κ3) is 2.93. The minimum Gasteiger partial charge on any atom is -0.436 e. The van der Waals surface area contributed by atoms with Gasteiger partial charge in [-0.1, -0.05) is 42.5 Å². The van der Waals surface area contributed by atoms with Gasteiger partial charge in [-0.3, -0.25) is 4.79 Å². The third-order valence-electron chi connectivity index (χ3n) is 4.19. The number of carbonyl (C=O) groups excluding carboxylic acids is 1. The average molecular weight is 272 g/mol. The van der Waals surface area contributed by atoms with Crippen LogP contribution in [-0.2, 0) is 20.9 Å². The van der Waals surface area contributed by atoms with Crippen LogP contribution in [0.5, 0.6) is 0 Å². The van der Waals surface area contributed by atoms with Crippen LogP contribution in [0.2, 0.25) is 0 Å². The van der Waals surface area contributed by atoms with Crippen molar-refractivity contribution in [2.75, 3.05) is 0 Å². The standard InChI is InChI=1S/C17H20O3/c1-12(19-11-13-5-3-2-4-6-13)20-17(18)16-10-14-7-8-15(16)9-14/h2-8,12,14-16H,9-11H2,1H3. The lowest BCUT2D eigenvalue weighted by Crippen LogP contribution is -2.26. The van der Waals surface area contributed by atoms with E-state index in [-0.39, 0.29) is 11.9 Å². The Kier molecular flexibility index (Phi) is 3.88. The molecule has 0 aliphatic heterocycles. The maximum Gasteiger partial charge on any atom is 0.311 e. The summed E-state index contributed by atoms with van der Waals surface area (Å²) < 4.78 is 11.0. The smallest absolute Gasteiger partial charge is 0.311 e. The number of ether oxygens (including phenoxy) is 2. The summed E-state index contributed by atoms with van der Waals surface area (Å²) in [5, 5.41) is 0. The normalized spacial score (nSPS) is 28.6. The Labute approximate surface area is 119 Å². The van der Waals surface area contributed by atoms with E-state index in [0.717, 1.165) is 18.4 Å². The molecule has 106 valence electrons. The number of hydrogen-bond donors (Lipinski definition) is 0. The van der Waals surface area contributed by atoms with E-state index in [1.165, 1.54) is 0 Å². The molecule has 2 bridgehead atoms. The second-order valence-electron chi connectivity index (χ2n) is 5.69. The zero-order chi connectivity index (χ0) is 13.9. The van der Waals surface area contributed by atoms with Crippen LogP contribution in [0.25, 0.3) is 0 Å². The first kappa shape index (κ1) is 13.4. The van der Waals surface area contributed by atoms with Crippen molar-refractivity contribution in [3.05, 3.63) is 48.0 Å². The molecule has 2 aliphatic carbocycles. The van der Waals surface area contributed by atoms with Gasteiger partial charge < -0.3 is 9.47 Å². The fourth-order valence-electron chi connectivity index (χ4n) is 3.12. The second kappa shape index (κ2) is 5.80. The van der Waals surface area contributed by atoms with Crippen molar-refractivity contribution in [3.8, 4) is 0 Å². The van der Waals surface area contributed by atoms with E-state index in [9.17, 15) is 4.79 Å². The van der Waals surface area contributed by atoms with E-state index in [0.29, 0.717) is 18.4 Å². The molecule has 20 heavy (non-hydrogen) atoms. The molecule has 1 fully saturated rings. The molecule has 0 radical (unpaired) electrons. The van der Waals surface area contributed by atoms with Crippen LogP contribution in [0, 0.1) is 17.8 Å². The molecule has 4 unspecified atom stereocenters. The molecule has 0 heterocycles. The first-order chi connectivity index (χ1) is 9.72. The summed E-state index contributed by atoms with van der Waals surface area (Å²) >= 11 is 0. The molecule has 0 spiro atoms. The van der Waals surface area contributed by atoms with Crippen molar-refractivity contribution in [3.63, 3.8) is 0 Å². The lowest BCUT2D eigenvalue weighted by molar-refractivity contribution is -0.182. The lowest BCUT2D eigenvalue weighted by atomic mass is 9.94. The first-order valence-electron chi connectivity index (χ1n) is 7.26. The van der Waals surface area contributed by atoms with Gasteiger partial charge in [0.2, 0.25) is 0 Å². The Morgan fingerprint density at radius 3 is 2.70 bits per heavy atom. The molecule has 1 aromatic rings. The third-order valence-corrected chi connectivity index (χ3v) is 4.19. The van der Waals surface area contributed by atoms with E-state index in [1.54, 1.807) is 6.92 Å². The van der Waals surface area contributed by atoms with Gasteiger partial charge >= 0.3 is 5.97 Å². The molecule has 2 aliphatic rings. The first-order valence-corrected chi connectivity index (χ1v) is 7.26. The van der Waals surface area contributed by atoms with Gasteiger partial charge in [0, 0.05) is 0 Å². The van der Waals surface area contributed by atoms with Crippen molar-refractivity contribution in [1.82, 2.24) is 0 Å². The highest BCUT2D eigenvalue weighted by Gasteiger charge is 2.41. The van der Waals surface area contributed by atoms with Crippen molar-refractivity contribution < 1.29 is 14.3 Å². The second-order valence-corrected chi connectivity index (χ2v) is 5.69. The molecular formula is C17H20O3. The molecular weight excluding hydrogens is 252 g/mol. The SMILES string of the molecule is CC(OCc1ccccc1)OC(=O)C1CC2C=CC1C2. The Bertz CT molecular complexity index is 494. The van der Waals surface area contributed by atoms with Crippen LogP contribution in [0.3, 0.4) is 0 Å². The van der Waals surface area contributed by atoms with Gasteiger partial charge in [0.25, 0.3) is 0 Å². The van der Waals surface area contributed by atoms with Crippen molar-refractivity contribution in [1.29, 1.82) is 0 Å². The highest BCUT2D eigenvalue weighted by atomic mass is 16.7. The fourth-order valence-corrected chi connectivity index (χ4v) is 3.12. The summed E-state index contributed by atoms with van der Waals surface area (Å²) in [6.45, 7) is 2.25. The highest BCUT2D eigenvalue weighted by molar-refractivity contribution is 5.74. The van der Waals surface area contributed by atoms with Gasteiger partial charge in [0.1, 0.15) is 0 Å². The van der Waals surface area contributed by atoms with Gasteiger partial charge in [-0.25, -0.2) is 0 Å². The summed E-state index contributed by atoms with van der Waals surface area (Å²) in [7, 11) is 0. The summed E-state index contributed by atoms with van der Waals surface area (Å²) in [6, 6.07) is 9.90. The maximum absolute atomic E-state index is 12.1. The highest BCUT2D eigenvalue weighted by Crippen LogP contribution is 2.43. The van der Waals surface area contributed by atoms with Crippen molar-refractivity contribution in [2.45, 2.75) is 32.7 Å². The number of rotatable bonds is 5. The number of esters is 1. The molecule has 0 saturated heterocycles. The molecule has 4 atom stereocenters. The monoisotopic (exact) mass is 272 g/mol. The predicted molar refractivity (Wildman–Crippen MR) is 75.6 cm³/mol. The van der Waals surface area contributed by atoms with Crippen LogP contribution in [-0.4, -0.2) is 12.3 Å². The molecule has 1 aromatic carbocycles. The minimum absolute atomic E-state index is 0.0350. The Morgan fingerprint density at radius 1 is 1.25 bits per heavy atom. The average Bonchev–Trinajstić information content (AvgIpc) is 3.09. The zero-order valence-electron chi connectivity index (χ0n) is 11.7. The minimum atomic E-state index is -0.495. The zero-order valence-corrected chi connectivity index (χ0v) is 11.7. The topological polar surface area (TPSA) is 35.5 Å². The van der Waals surface area contributed by atoms with Gasteiger partial charge in [-0.2, -0.15) is 0 Å². The molecule has 0 N–H and O–H groups in total. The Hall–Kier alpha value is -1.61. The molecule has 3 nitrogen and oxygen atoms in total. The number of fused-ring (bicyclic) bond motifs is 2. The van der Waals surface area contributed by atoms with Crippen LogP contribution in [0.15, 0.2) is 42.5 Å². The summed E-state index contributed by atoms with van der Waals surface area (Å²) in [5.74, 6) is 0.891. The molecule has 3 rings (SSSR count). The van der Waals surface area contributed by atoms with Gasteiger partial charge in [-0.15, -0.1) is 0 Å². The molecule has 3 heteroatoms. The molecule has 0 amide bonds. The van der Waals surface area contributed by atoms with Gasteiger partial charge in [0.05, 0.1) is 12.5 Å². The Morgan fingerprint density at radius 2 is 2.05 bits per heavy atom.